The smallest absolute Gasteiger partial charge is 0.128 e. The zero-order valence-corrected chi connectivity index (χ0v) is 10.9. The third kappa shape index (κ3) is 2.97. The Labute approximate surface area is 104 Å². The number of hydrogen-bond donors (Lipinski definition) is 1. The van der Waals surface area contributed by atoms with Crippen molar-refractivity contribution in [2.24, 2.45) is 5.73 Å². The molecule has 0 bridgehead atoms. The predicted molar refractivity (Wildman–Crippen MR) is 72.1 cm³/mol. The molecule has 0 spiro atoms. The molecule has 17 heavy (non-hydrogen) atoms. The summed E-state index contributed by atoms with van der Waals surface area (Å²) in [6.07, 6.45) is 7.16. The van der Waals surface area contributed by atoms with Gasteiger partial charge in [-0.25, -0.2) is 4.98 Å². The summed E-state index contributed by atoms with van der Waals surface area (Å²) in [5.74, 6) is 1.10. The van der Waals surface area contributed by atoms with Gasteiger partial charge in [-0.3, -0.25) is 0 Å². The van der Waals surface area contributed by atoms with Gasteiger partial charge in [0.05, 0.1) is 0 Å². The molecule has 1 unspecified atom stereocenters. The number of aromatic nitrogens is 1. The number of pyridine rings is 1. The van der Waals surface area contributed by atoms with Crippen LogP contribution in [0.4, 0.5) is 5.82 Å². The van der Waals surface area contributed by atoms with Crippen molar-refractivity contribution in [1.29, 1.82) is 0 Å². The Hall–Kier alpha value is -1.09. The predicted octanol–water partition coefficient (Wildman–Crippen LogP) is 2.87. The van der Waals surface area contributed by atoms with Gasteiger partial charge in [-0.1, -0.05) is 18.9 Å². The quantitative estimate of drug-likeness (QED) is 0.854. The first kappa shape index (κ1) is 12.4. The van der Waals surface area contributed by atoms with Gasteiger partial charge in [-0.05, 0) is 38.3 Å². The molecule has 1 aliphatic heterocycles. The molecule has 94 valence electrons. The highest BCUT2D eigenvalue weighted by molar-refractivity contribution is 5.41. The van der Waals surface area contributed by atoms with E-state index in [1.807, 2.05) is 13.1 Å². The van der Waals surface area contributed by atoms with Crippen LogP contribution < -0.4 is 10.6 Å². The van der Waals surface area contributed by atoms with Crippen LogP contribution in [0.3, 0.4) is 0 Å². The van der Waals surface area contributed by atoms with E-state index in [2.05, 4.69) is 28.9 Å². The molecule has 2 atom stereocenters. The molecule has 3 nitrogen and oxygen atoms in total. The fraction of sp³-hybridized carbons (Fsp3) is 0.643. The van der Waals surface area contributed by atoms with Crippen LogP contribution in [0.15, 0.2) is 18.3 Å². The van der Waals surface area contributed by atoms with Gasteiger partial charge in [0.1, 0.15) is 5.82 Å². The van der Waals surface area contributed by atoms with Gasteiger partial charge in [0.15, 0.2) is 0 Å². The van der Waals surface area contributed by atoms with Crippen LogP contribution in [-0.2, 0) is 0 Å². The van der Waals surface area contributed by atoms with Gasteiger partial charge in [-0.15, -0.1) is 0 Å². The number of hydrogen-bond acceptors (Lipinski definition) is 3. The highest BCUT2D eigenvalue weighted by Gasteiger charge is 2.18. The maximum Gasteiger partial charge on any atom is 0.128 e. The third-order valence-electron chi connectivity index (χ3n) is 3.64. The number of anilines is 1. The molecule has 0 amide bonds. The molecule has 2 N–H and O–H groups in total. The summed E-state index contributed by atoms with van der Waals surface area (Å²) in [5, 5.41) is 0. The molecular weight excluding hydrogens is 210 g/mol. The average Bonchev–Trinajstić information content (AvgIpc) is 2.54. The molecule has 0 radical (unpaired) electrons. The molecule has 1 aliphatic rings. The first-order chi connectivity index (χ1) is 8.18. The summed E-state index contributed by atoms with van der Waals surface area (Å²) in [5.41, 5.74) is 6.95. The van der Waals surface area contributed by atoms with E-state index in [0.717, 1.165) is 17.9 Å². The van der Waals surface area contributed by atoms with Gasteiger partial charge >= 0.3 is 0 Å². The fourth-order valence-corrected chi connectivity index (χ4v) is 2.45. The van der Waals surface area contributed by atoms with E-state index < -0.39 is 0 Å². The monoisotopic (exact) mass is 233 g/mol. The van der Waals surface area contributed by atoms with Gasteiger partial charge in [0.2, 0.25) is 0 Å². The van der Waals surface area contributed by atoms with Crippen LogP contribution in [0.1, 0.15) is 51.1 Å². The molecule has 1 aromatic rings. The van der Waals surface area contributed by atoms with Crippen molar-refractivity contribution in [3.8, 4) is 0 Å². The number of nitrogens with two attached hydrogens (primary N) is 1. The van der Waals surface area contributed by atoms with Crippen LogP contribution in [-0.4, -0.2) is 17.6 Å². The fourth-order valence-electron chi connectivity index (χ4n) is 2.45. The molecular formula is C14H23N3. The van der Waals surface area contributed by atoms with Gasteiger partial charge in [-0.2, -0.15) is 0 Å². The Bertz CT molecular complexity index is 345. The van der Waals surface area contributed by atoms with Crippen molar-refractivity contribution in [3.63, 3.8) is 0 Å². The largest absolute Gasteiger partial charge is 0.354 e. The Balaban J connectivity index is 2.14. The Morgan fingerprint density at radius 1 is 1.35 bits per heavy atom. The van der Waals surface area contributed by atoms with Gasteiger partial charge < -0.3 is 10.6 Å². The van der Waals surface area contributed by atoms with Crippen LogP contribution in [0, 0.1) is 0 Å². The SMILES string of the molecule is CC1CCCCCN1c1ccc([C@@H](C)N)cn1. The molecule has 0 aromatic carbocycles. The number of rotatable bonds is 2. The number of nitrogens with zero attached hydrogens (tertiary/aromatic N) is 2. The van der Waals surface area contributed by atoms with Crippen molar-refractivity contribution < 1.29 is 0 Å². The summed E-state index contributed by atoms with van der Waals surface area (Å²) < 4.78 is 0. The first-order valence-corrected chi connectivity index (χ1v) is 6.66. The summed E-state index contributed by atoms with van der Waals surface area (Å²) in [6, 6.07) is 4.88. The van der Waals surface area contributed by atoms with Crippen molar-refractivity contribution >= 4 is 5.82 Å². The molecule has 1 aromatic heterocycles. The third-order valence-corrected chi connectivity index (χ3v) is 3.64. The van der Waals surface area contributed by atoms with Crippen LogP contribution in [0.25, 0.3) is 0 Å². The minimum atomic E-state index is 0.0677. The van der Waals surface area contributed by atoms with Crippen LogP contribution in [0.2, 0.25) is 0 Å². The second-order valence-corrected chi connectivity index (χ2v) is 5.13. The lowest BCUT2D eigenvalue weighted by Gasteiger charge is -2.28. The van der Waals surface area contributed by atoms with E-state index in [1.54, 1.807) is 0 Å². The lowest BCUT2D eigenvalue weighted by Crippen LogP contribution is -2.33. The van der Waals surface area contributed by atoms with Gasteiger partial charge in [0.25, 0.3) is 0 Å². The first-order valence-electron chi connectivity index (χ1n) is 6.66. The second-order valence-electron chi connectivity index (χ2n) is 5.13. The van der Waals surface area contributed by atoms with E-state index in [9.17, 15) is 0 Å². The molecule has 3 heteroatoms. The normalized spacial score (nSPS) is 23.2. The van der Waals surface area contributed by atoms with E-state index >= 15 is 0 Å². The van der Waals surface area contributed by atoms with E-state index in [4.69, 9.17) is 5.73 Å². The zero-order chi connectivity index (χ0) is 12.3. The maximum atomic E-state index is 5.84. The van der Waals surface area contributed by atoms with Crippen molar-refractivity contribution in [3.05, 3.63) is 23.9 Å². The molecule has 0 saturated carbocycles. The van der Waals surface area contributed by atoms with E-state index in [0.29, 0.717) is 6.04 Å². The Morgan fingerprint density at radius 2 is 2.18 bits per heavy atom. The Kier molecular flexibility index (Phi) is 4.00. The lowest BCUT2D eigenvalue weighted by atomic mass is 10.1. The molecule has 1 saturated heterocycles. The molecule has 1 fully saturated rings. The molecule has 2 heterocycles. The summed E-state index contributed by atoms with van der Waals surface area (Å²) in [7, 11) is 0. The zero-order valence-electron chi connectivity index (χ0n) is 10.9. The lowest BCUT2D eigenvalue weighted by molar-refractivity contribution is 0.611. The molecule has 2 rings (SSSR count). The van der Waals surface area contributed by atoms with Crippen molar-refractivity contribution in [2.45, 2.75) is 51.6 Å². The van der Waals surface area contributed by atoms with Gasteiger partial charge in [0, 0.05) is 24.8 Å². The van der Waals surface area contributed by atoms with E-state index in [-0.39, 0.29) is 6.04 Å². The summed E-state index contributed by atoms with van der Waals surface area (Å²) in [4.78, 5) is 6.99. The van der Waals surface area contributed by atoms with E-state index in [1.165, 1.54) is 25.7 Å². The Morgan fingerprint density at radius 3 is 2.82 bits per heavy atom. The topological polar surface area (TPSA) is 42.1 Å². The van der Waals surface area contributed by atoms with Crippen LogP contribution in [0.5, 0.6) is 0 Å². The minimum absolute atomic E-state index is 0.0677. The van der Waals surface area contributed by atoms with Crippen molar-refractivity contribution in [1.82, 2.24) is 4.98 Å². The maximum absolute atomic E-state index is 5.84. The standard InChI is InChI=1S/C14H23N3/c1-11-6-4-3-5-9-17(11)14-8-7-13(10-16-14)12(2)15/h7-8,10-12H,3-6,9,15H2,1-2H3/t11?,12-/m1/s1. The molecule has 0 aliphatic carbocycles. The average molecular weight is 233 g/mol. The highest BCUT2D eigenvalue weighted by atomic mass is 15.2. The minimum Gasteiger partial charge on any atom is -0.354 e. The van der Waals surface area contributed by atoms with Crippen LogP contribution >= 0.6 is 0 Å². The van der Waals surface area contributed by atoms with Crippen molar-refractivity contribution in [2.75, 3.05) is 11.4 Å². The second kappa shape index (κ2) is 5.50. The summed E-state index contributed by atoms with van der Waals surface area (Å²) in [6.45, 7) is 5.42. The highest BCUT2D eigenvalue weighted by Crippen LogP contribution is 2.23. The summed E-state index contributed by atoms with van der Waals surface area (Å²) >= 11 is 0.